The Kier molecular flexibility index (Phi) is 2.30. The number of hydrogen-bond acceptors (Lipinski definition) is 2. The molecule has 4 heteroatoms. The Labute approximate surface area is 82.7 Å². The Morgan fingerprint density at radius 1 is 1.69 bits per heavy atom. The highest BCUT2D eigenvalue weighted by Gasteiger charge is 2.30. The van der Waals surface area contributed by atoms with Crippen LogP contribution in [0.25, 0.3) is 0 Å². The molecule has 0 aliphatic heterocycles. The van der Waals surface area contributed by atoms with E-state index in [4.69, 9.17) is 17.3 Å². The minimum Gasteiger partial charge on any atom is -0.330 e. The third kappa shape index (κ3) is 1.58. The summed E-state index contributed by atoms with van der Waals surface area (Å²) in [4.78, 5) is 0. The second-order valence-electron chi connectivity index (χ2n) is 3.75. The maximum atomic E-state index is 5.99. The summed E-state index contributed by atoms with van der Waals surface area (Å²) in [7, 11) is 0. The molecular formula is C9H14ClN3. The molecule has 1 heterocycles. The maximum absolute atomic E-state index is 5.99. The van der Waals surface area contributed by atoms with Gasteiger partial charge in [-0.05, 0) is 25.3 Å². The predicted octanol–water partition coefficient (Wildman–Crippen LogP) is 2.00. The van der Waals surface area contributed by atoms with Crippen LogP contribution in [0.15, 0.2) is 0 Å². The van der Waals surface area contributed by atoms with Gasteiger partial charge in [-0.15, -0.1) is 0 Å². The molecular weight excluding hydrogens is 186 g/mol. The molecule has 1 unspecified atom stereocenters. The summed E-state index contributed by atoms with van der Waals surface area (Å²) in [5.41, 5.74) is 7.96. The van der Waals surface area contributed by atoms with Crippen molar-refractivity contribution in [1.82, 2.24) is 10.2 Å². The molecule has 1 aromatic rings. The first kappa shape index (κ1) is 9.03. The molecule has 0 aromatic carbocycles. The fraction of sp³-hybridized carbons (Fsp3) is 0.667. The largest absolute Gasteiger partial charge is 0.330 e. The van der Waals surface area contributed by atoms with E-state index in [1.54, 1.807) is 0 Å². The first-order valence-corrected chi connectivity index (χ1v) is 5.05. The van der Waals surface area contributed by atoms with Crippen molar-refractivity contribution in [2.45, 2.75) is 31.6 Å². The zero-order chi connectivity index (χ0) is 9.42. The minimum absolute atomic E-state index is 0.307. The molecule has 0 spiro atoms. The lowest BCUT2D eigenvalue weighted by atomic mass is 10.0. The average molecular weight is 200 g/mol. The second-order valence-corrected chi connectivity index (χ2v) is 4.11. The van der Waals surface area contributed by atoms with E-state index in [-0.39, 0.29) is 0 Å². The van der Waals surface area contributed by atoms with Crippen LogP contribution >= 0.6 is 11.6 Å². The fourth-order valence-electron chi connectivity index (χ4n) is 1.61. The van der Waals surface area contributed by atoms with Gasteiger partial charge in [0.25, 0.3) is 0 Å². The lowest BCUT2D eigenvalue weighted by Crippen LogP contribution is -2.10. The monoisotopic (exact) mass is 199 g/mol. The number of nitrogens with zero attached hydrogens (tertiary/aromatic N) is 1. The fourth-order valence-corrected chi connectivity index (χ4v) is 1.94. The van der Waals surface area contributed by atoms with E-state index >= 15 is 0 Å². The molecule has 1 saturated carbocycles. The van der Waals surface area contributed by atoms with Crippen LogP contribution in [0, 0.1) is 0 Å². The van der Waals surface area contributed by atoms with Gasteiger partial charge < -0.3 is 5.73 Å². The first-order chi connectivity index (χ1) is 6.24. The summed E-state index contributed by atoms with van der Waals surface area (Å²) in [6, 6.07) is 0. The van der Waals surface area contributed by atoms with Gasteiger partial charge >= 0.3 is 0 Å². The highest BCUT2D eigenvalue weighted by molar-refractivity contribution is 6.30. The van der Waals surface area contributed by atoms with Crippen LogP contribution in [-0.4, -0.2) is 16.7 Å². The van der Waals surface area contributed by atoms with Crippen molar-refractivity contribution in [2.75, 3.05) is 6.54 Å². The lowest BCUT2D eigenvalue weighted by molar-refractivity contribution is 0.760. The Bertz CT molecular complexity index is 304. The molecule has 0 amide bonds. The van der Waals surface area contributed by atoms with Gasteiger partial charge in [-0.2, -0.15) is 5.10 Å². The first-order valence-electron chi connectivity index (χ1n) is 4.67. The number of hydrogen-bond donors (Lipinski definition) is 2. The van der Waals surface area contributed by atoms with Crippen LogP contribution in [0.5, 0.6) is 0 Å². The van der Waals surface area contributed by atoms with Crippen LogP contribution in [0.2, 0.25) is 5.15 Å². The van der Waals surface area contributed by atoms with E-state index in [1.165, 1.54) is 18.5 Å². The maximum Gasteiger partial charge on any atom is 0.154 e. The van der Waals surface area contributed by atoms with Gasteiger partial charge in [0.2, 0.25) is 0 Å². The van der Waals surface area contributed by atoms with Gasteiger partial charge in [0.05, 0.1) is 0 Å². The van der Waals surface area contributed by atoms with Gasteiger partial charge in [0.15, 0.2) is 5.15 Å². The van der Waals surface area contributed by atoms with E-state index in [2.05, 4.69) is 17.1 Å². The summed E-state index contributed by atoms with van der Waals surface area (Å²) in [6.45, 7) is 2.71. The molecule has 2 rings (SSSR count). The third-order valence-corrected chi connectivity index (χ3v) is 2.91. The minimum atomic E-state index is 0.307. The molecule has 1 aliphatic carbocycles. The van der Waals surface area contributed by atoms with Crippen molar-refractivity contribution in [1.29, 1.82) is 0 Å². The van der Waals surface area contributed by atoms with Crippen molar-refractivity contribution in [2.24, 2.45) is 5.73 Å². The molecule has 1 atom stereocenters. The number of aromatic nitrogens is 2. The van der Waals surface area contributed by atoms with Crippen LogP contribution in [0.4, 0.5) is 0 Å². The summed E-state index contributed by atoms with van der Waals surface area (Å²) >= 11 is 5.99. The van der Waals surface area contributed by atoms with Gasteiger partial charge in [-0.3, -0.25) is 5.10 Å². The number of aromatic amines is 1. The molecule has 0 bridgehead atoms. The molecule has 3 nitrogen and oxygen atoms in total. The van der Waals surface area contributed by atoms with E-state index in [0.29, 0.717) is 23.5 Å². The number of nitrogens with one attached hydrogen (secondary N) is 1. The number of nitrogens with two attached hydrogens (primary N) is 1. The van der Waals surface area contributed by atoms with Crippen LogP contribution in [0.3, 0.4) is 0 Å². The molecule has 0 radical (unpaired) electrons. The molecule has 3 N–H and O–H groups in total. The molecule has 1 aliphatic rings. The molecule has 0 saturated heterocycles. The zero-order valence-electron chi connectivity index (χ0n) is 7.68. The molecule has 1 fully saturated rings. The SMILES string of the molecule is CC(CN)c1c(Cl)n[nH]c1C1CC1. The van der Waals surface area contributed by atoms with E-state index in [0.717, 1.165) is 5.56 Å². The standard InChI is InChI=1S/C9H14ClN3/c1-5(4-11)7-8(6-2-3-6)12-13-9(7)10/h5-6H,2-4,11H2,1H3,(H,12,13). The zero-order valence-corrected chi connectivity index (χ0v) is 8.43. The number of rotatable bonds is 3. The number of halogens is 1. The lowest BCUT2D eigenvalue weighted by Gasteiger charge is -2.08. The summed E-state index contributed by atoms with van der Waals surface area (Å²) in [6.07, 6.45) is 2.51. The Morgan fingerprint density at radius 3 is 2.92 bits per heavy atom. The van der Waals surface area contributed by atoms with Crippen molar-refractivity contribution < 1.29 is 0 Å². The van der Waals surface area contributed by atoms with Crippen molar-refractivity contribution >= 4 is 11.6 Å². The second kappa shape index (κ2) is 3.31. The summed E-state index contributed by atoms with van der Waals surface area (Å²) < 4.78 is 0. The van der Waals surface area contributed by atoms with Crippen LogP contribution in [0.1, 0.15) is 42.9 Å². The quantitative estimate of drug-likeness (QED) is 0.783. The third-order valence-electron chi connectivity index (χ3n) is 2.62. The smallest absolute Gasteiger partial charge is 0.154 e. The highest BCUT2D eigenvalue weighted by atomic mass is 35.5. The molecule has 13 heavy (non-hydrogen) atoms. The average Bonchev–Trinajstić information content (AvgIpc) is 2.89. The molecule has 72 valence electrons. The Morgan fingerprint density at radius 2 is 2.38 bits per heavy atom. The van der Waals surface area contributed by atoms with Gasteiger partial charge in [-0.1, -0.05) is 18.5 Å². The van der Waals surface area contributed by atoms with Gasteiger partial charge in [0, 0.05) is 17.2 Å². The topological polar surface area (TPSA) is 54.7 Å². The van der Waals surface area contributed by atoms with Crippen LogP contribution < -0.4 is 5.73 Å². The van der Waals surface area contributed by atoms with Crippen molar-refractivity contribution in [3.63, 3.8) is 0 Å². The van der Waals surface area contributed by atoms with Gasteiger partial charge in [0.1, 0.15) is 0 Å². The van der Waals surface area contributed by atoms with E-state index in [9.17, 15) is 0 Å². The van der Waals surface area contributed by atoms with E-state index < -0.39 is 0 Å². The van der Waals surface area contributed by atoms with E-state index in [1.807, 2.05) is 0 Å². The van der Waals surface area contributed by atoms with Crippen LogP contribution in [-0.2, 0) is 0 Å². The van der Waals surface area contributed by atoms with Crippen molar-refractivity contribution in [3.8, 4) is 0 Å². The Balaban J connectivity index is 2.33. The normalized spacial score (nSPS) is 19.0. The highest BCUT2D eigenvalue weighted by Crippen LogP contribution is 2.43. The van der Waals surface area contributed by atoms with Gasteiger partial charge in [-0.25, -0.2) is 0 Å². The van der Waals surface area contributed by atoms with Crippen molar-refractivity contribution in [3.05, 3.63) is 16.4 Å². The Hall–Kier alpha value is -0.540. The predicted molar refractivity (Wildman–Crippen MR) is 53.0 cm³/mol. The molecule has 1 aromatic heterocycles. The summed E-state index contributed by atoms with van der Waals surface area (Å²) in [5, 5.41) is 7.64. The number of H-pyrrole nitrogens is 1. The summed E-state index contributed by atoms with van der Waals surface area (Å²) in [5.74, 6) is 0.964.